The van der Waals surface area contributed by atoms with Gasteiger partial charge in [0.15, 0.2) is 0 Å². The number of halogens is 1. The van der Waals surface area contributed by atoms with E-state index in [0.717, 1.165) is 28.5 Å². The average Bonchev–Trinajstić information content (AvgIpc) is 3.19. The zero-order valence-corrected chi connectivity index (χ0v) is 14.0. The number of rotatable bonds is 3. The molecule has 0 saturated heterocycles. The molecule has 0 atom stereocenters. The van der Waals surface area contributed by atoms with E-state index in [1.165, 1.54) is 18.6 Å². The Labute approximate surface area is 147 Å². The first-order valence-corrected chi connectivity index (χ1v) is 8.77. The second-order valence-electron chi connectivity index (χ2n) is 5.20. The largest absolute Gasteiger partial charge is 0.305 e. The molecule has 4 rings (SSSR count). The summed E-state index contributed by atoms with van der Waals surface area (Å²) in [5.41, 5.74) is 3.14. The van der Waals surface area contributed by atoms with Crippen LogP contribution in [0.1, 0.15) is 21.7 Å². The first-order chi connectivity index (χ1) is 11.7. The summed E-state index contributed by atoms with van der Waals surface area (Å²) in [6.45, 7) is 0. The summed E-state index contributed by atoms with van der Waals surface area (Å²) >= 11 is 7.74. The van der Waals surface area contributed by atoms with Gasteiger partial charge in [0.05, 0.1) is 17.6 Å². The third-order valence-corrected chi connectivity index (χ3v) is 4.87. The molecule has 1 aliphatic heterocycles. The number of fused-ring (bicyclic) bond motifs is 1. The monoisotopic (exact) mass is 357 g/mol. The minimum atomic E-state index is -0.307. The molecule has 1 N–H and O–H groups in total. The van der Waals surface area contributed by atoms with Crippen molar-refractivity contribution < 1.29 is 4.79 Å². The van der Waals surface area contributed by atoms with E-state index >= 15 is 0 Å². The number of benzene rings is 1. The van der Waals surface area contributed by atoms with Crippen LogP contribution in [-0.4, -0.2) is 25.7 Å². The van der Waals surface area contributed by atoms with Crippen LogP contribution in [0, 0.1) is 0 Å². The lowest BCUT2D eigenvalue weighted by Gasteiger charge is -2.10. The molecule has 3 heterocycles. The van der Waals surface area contributed by atoms with Crippen LogP contribution in [0.2, 0.25) is 5.02 Å². The van der Waals surface area contributed by atoms with Crippen LogP contribution in [0.5, 0.6) is 0 Å². The fourth-order valence-electron chi connectivity index (χ4n) is 2.50. The molecule has 6 nitrogen and oxygen atoms in total. The predicted molar refractivity (Wildman–Crippen MR) is 93.6 cm³/mol. The van der Waals surface area contributed by atoms with E-state index in [-0.39, 0.29) is 11.6 Å². The van der Waals surface area contributed by atoms with Gasteiger partial charge in [-0.25, -0.2) is 9.67 Å². The van der Waals surface area contributed by atoms with Gasteiger partial charge in [-0.15, -0.1) is 0 Å². The molecule has 8 heteroatoms. The molecule has 0 spiro atoms. The van der Waals surface area contributed by atoms with Gasteiger partial charge < -0.3 is 5.32 Å². The van der Waals surface area contributed by atoms with Gasteiger partial charge in [-0.05, 0) is 24.3 Å². The minimum absolute atomic E-state index is 0.265. The quantitative estimate of drug-likeness (QED) is 0.778. The van der Waals surface area contributed by atoms with Gasteiger partial charge >= 0.3 is 0 Å². The Hall–Kier alpha value is -2.38. The highest BCUT2D eigenvalue weighted by Gasteiger charge is 2.25. The maximum atomic E-state index is 12.5. The van der Waals surface area contributed by atoms with Crippen LogP contribution in [0.3, 0.4) is 0 Å². The van der Waals surface area contributed by atoms with Gasteiger partial charge in [0.25, 0.3) is 5.91 Å². The highest BCUT2D eigenvalue weighted by atomic mass is 35.5. The predicted octanol–water partition coefficient (Wildman–Crippen LogP) is 3.31. The van der Waals surface area contributed by atoms with E-state index in [0.29, 0.717) is 10.8 Å². The number of amides is 1. The van der Waals surface area contributed by atoms with Crippen molar-refractivity contribution in [1.29, 1.82) is 0 Å². The van der Waals surface area contributed by atoms with Crippen molar-refractivity contribution in [2.75, 3.05) is 5.32 Å². The molecular formula is C16H12ClN5OS. The number of carbonyl (C=O) groups excluding carboxylic acids is 1. The minimum Gasteiger partial charge on any atom is -0.305 e. The maximum Gasteiger partial charge on any atom is 0.277 e. The fourth-order valence-corrected chi connectivity index (χ4v) is 3.66. The molecular weight excluding hydrogens is 346 g/mol. The molecule has 1 aromatic carbocycles. The van der Waals surface area contributed by atoms with Crippen molar-refractivity contribution in [2.24, 2.45) is 0 Å². The van der Waals surface area contributed by atoms with Gasteiger partial charge in [0.1, 0.15) is 11.5 Å². The number of thioether (sulfide) groups is 1. The van der Waals surface area contributed by atoms with Crippen molar-refractivity contribution in [3.05, 3.63) is 64.8 Å². The number of aromatic nitrogens is 4. The van der Waals surface area contributed by atoms with E-state index < -0.39 is 0 Å². The van der Waals surface area contributed by atoms with Crippen molar-refractivity contribution >= 4 is 35.1 Å². The number of hydrogen-bond acceptors (Lipinski definition) is 5. The van der Waals surface area contributed by atoms with E-state index in [9.17, 15) is 4.79 Å². The topological polar surface area (TPSA) is 72.7 Å². The number of nitrogens with one attached hydrogen (secondary N) is 1. The van der Waals surface area contributed by atoms with Crippen molar-refractivity contribution in [3.8, 4) is 5.69 Å². The molecule has 120 valence electrons. The summed E-state index contributed by atoms with van der Waals surface area (Å²) in [6.07, 6.45) is 4.46. The molecule has 0 bridgehead atoms. The molecule has 0 fully saturated rings. The fraction of sp³-hybridized carbons (Fsp3) is 0.125. The van der Waals surface area contributed by atoms with Crippen LogP contribution in [0.25, 0.3) is 5.69 Å². The first-order valence-electron chi connectivity index (χ1n) is 7.24. The first kappa shape index (κ1) is 15.2. The summed E-state index contributed by atoms with van der Waals surface area (Å²) in [5.74, 6) is 2.02. The van der Waals surface area contributed by atoms with E-state index in [1.54, 1.807) is 28.6 Å². The Balaban J connectivity index is 1.74. The zero-order valence-electron chi connectivity index (χ0n) is 12.4. The molecule has 24 heavy (non-hydrogen) atoms. The molecule has 0 radical (unpaired) electrons. The van der Waals surface area contributed by atoms with E-state index in [2.05, 4.69) is 20.4 Å². The lowest BCUT2D eigenvalue weighted by molar-refractivity contribution is 0.102. The van der Waals surface area contributed by atoms with Crippen LogP contribution < -0.4 is 5.32 Å². The zero-order chi connectivity index (χ0) is 16.5. The highest BCUT2D eigenvalue weighted by Crippen LogP contribution is 2.36. The van der Waals surface area contributed by atoms with Crippen molar-refractivity contribution in [3.63, 3.8) is 0 Å². The summed E-state index contributed by atoms with van der Waals surface area (Å²) in [5, 5.41) is 8.22. The summed E-state index contributed by atoms with van der Waals surface area (Å²) in [4.78, 5) is 20.4. The second kappa shape index (κ2) is 6.26. The van der Waals surface area contributed by atoms with Gasteiger partial charge in [-0.3, -0.25) is 9.78 Å². The third-order valence-electron chi connectivity index (χ3n) is 3.65. The Morgan fingerprint density at radius 1 is 1.21 bits per heavy atom. The summed E-state index contributed by atoms with van der Waals surface area (Å²) in [6, 6.07) is 7.34. The Bertz CT molecular complexity index is 895. The standard InChI is InChI=1S/C16H12ClN5OS/c17-10-1-3-11(4-2-10)22-15(12-8-24-9-14(12)21-22)20-16(23)13-7-18-5-6-19-13/h1-7H,8-9H2,(H,20,23). The Morgan fingerprint density at radius 2 is 2.04 bits per heavy atom. The number of carbonyl (C=O) groups is 1. The van der Waals surface area contributed by atoms with E-state index in [1.807, 2.05) is 12.1 Å². The molecule has 1 aliphatic rings. The van der Waals surface area contributed by atoms with E-state index in [4.69, 9.17) is 11.6 Å². The Kier molecular flexibility index (Phi) is 3.95. The average molecular weight is 358 g/mol. The normalized spacial score (nSPS) is 12.9. The van der Waals surface area contributed by atoms with Gasteiger partial charge in [0.2, 0.25) is 0 Å². The lowest BCUT2D eigenvalue weighted by Crippen LogP contribution is -2.17. The smallest absolute Gasteiger partial charge is 0.277 e. The highest BCUT2D eigenvalue weighted by molar-refractivity contribution is 7.98. The van der Waals surface area contributed by atoms with Crippen LogP contribution in [0.4, 0.5) is 5.82 Å². The van der Waals surface area contributed by atoms with Crippen molar-refractivity contribution in [2.45, 2.75) is 11.5 Å². The number of anilines is 1. The Morgan fingerprint density at radius 3 is 2.79 bits per heavy atom. The van der Waals surface area contributed by atoms with Gasteiger partial charge in [-0.2, -0.15) is 16.9 Å². The van der Waals surface area contributed by atoms with Crippen LogP contribution >= 0.6 is 23.4 Å². The SMILES string of the molecule is O=C(Nc1c2c(nn1-c1ccc(Cl)cc1)CSC2)c1cnccn1. The molecule has 0 saturated carbocycles. The molecule has 0 aliphatic carbocycles. The maximum absolute atomic E-state index is 12.5. The third kappa shape index (κ3) is 2.76. The number of nitrogens with zero attached hydrogens (tertiary/aromatic N) is 4. The molecule has 3 aromatic rings. The van der Waals surface area contributed by atoms with Crippen LogP contribution in [-0.2, 0) is 11.5 Å². The summed E-state index contributed by atoms with van der Waals surface area (Å²) in [7, 11) is 0. The lowest BCUT2D eigenvalue weighted by atomic mass is 10.2. The summed E-state index contributed by atoms with van der Waals surface area (Å²) < 4.78 is 1.75. The molecule has 1 amide bonds. The van der Waals surface area contributed by atoms with Crippen molar-refractivity contribution in [1.82, 2.24) is 19.7 Å². The van der Waals surface area contributed by atoms with Gasteiger partial charge in [0, 0.05) is 34.5 Å². The second-order valence-corrected chi connectivity index (χ2v) is 6.62. The van der Waals surface area contributed by atoms with Crippen LogP contribution in [0.15, 0.2) is 42.9 Å². The van der Waals surface area contributed by atoms with Gasteiger partial charge in [-0.1, -0.05) is 11.6 Å². The number of hydrogen-bond donors (Lipinski definition) is 1. The molecule has 0 unspecified atom stereocenters. The molecule has 2 aromatic heterocycles.